The highest BCUT2D eigenvalue weighted by Crippen LogP contribution is 2.75. The maximum Gasteiger partial charge on any atom is 0.335 e. The van der Waals surface area contributed by atoms with Crippen LogP contribution in [0.25, 0.3) is 0 Å². The quantitative estimate of drug-likeness (QED) is 0.166. The fourth-order valence-electron chi connectivity index (χ4n) is 13.4. The summed E-state index contributed by atoms with van der Waals surface area (Å²) in [5.41, 5.74) is -1.81. The minimum atomic E-state index is -2.05. The first-order chi connectivity index (χ1) is 26.8. The van der Waals surface area contributed by atoms with Crippen molar-refractivity contribution in [1.82, 2.24) is 6.15 Å². The van der Waals surface area contributed by atoms with Gasteiger partial charge >= 0.3 is 17.9 Å². The van der Waals surface area contributed by atoms with Gasteiger partial charge in [0, 0.05) is 5.92 Å². The average molecular weight is 840 g/mol. The number of carboxylic acid groups (broad SMARTS) is 3. The molecule has 19 atom stereocenters. The van der Waals surface area contributed by atoms with Gasteiger partial charge in [0.1, 0.15) is 36.6 Å². The molecule has 0 aromatic heterocycles. The number of ether oxygens (including phenoxy) is 4. The first kappa shape index (κ1) is 45.9. The van der Waals surface area contributed by atoms with E-state index in [-0.39, 0.29) is 40.5 Å². The topological polar surface area (TPSA) is 302 Å². The third-order valence-electron chi connectivity index (χ3n) is 17.2. The van der Waals surface area contributed by atoms with E-state index in [0.717, 1.165) is 37.7 Å². The number of carbonyl (C=O) groups excluding carboxylic acids is 1. The molecule has 0 aromatic carbocycles. The number of aliphatic carboxylic acids is 3. The molecule has 7 rings (SSSR count). The number of carbonyl (C=O) groups is 4. The van der Waals surface area contributed by atoms with Crippen LogP contribution in [0.15, 0.2) is 11.6 Å². The van der Waals surface area contributed by atoms with Crippen molar-refractivity contribution in [2.45, 2.75) is 174 Å². The summed E-state index contributed by atoms with van der Waals surface area (Å²) in [7, 11) is 0. The molecule has 59 heavy (non-hydrogen) atoms. The Hall–Kier alpha value is -2.58. The van der Waals surface area contributed by atoms with E-state index in [9.17, 15) is 60.0 Å². The van der Waals surface area contributed by atoms with Crippen LogP contribution >= 0.6 is 0 Å². The molecule has 0 radical (unpaired) electrons. The van der Waals surface area contributed by atoms with Crippen LogP contribution in [0.5, 0.6) is 0 Å². The fourth-order valence-corrected chi connectivity index (χ4v) is 13.4. The third kappa shape index (κ3) is 6.72. The Morgan fingerprint density at radius 1 is 0.695 bits per heavy atom. The normalized spacial score (nSPS) is 51.7. The van der Waals surface area contributed by atoms with Crippen LogP contribution < -0.4 is 6.15 Å². The predicted molar refractivity (Wildman–Crippen MR) is 204 cm³/mol. The minimum Gasteiger partial charge on any atom is -0.481 e. The van der Waals surface area contributed by atoms with Gasteiger partial charge in [0.05, 0.1) is 11.5 Å². The van der Waals surface area contributed by atoms with Crippen LogP contribution in [0.3, 0.4) is 0 Å². The second-order valence-electron chi connectivity index (χ2n) is 20.6. The number of hydrogen-bond donors (Lipinski definition) is 9. The summed E-state index contributed by atoms with van der Waals surface area (Å²) in [5, 5.41) is 83.0. The van der Waals surface area contributed by atoms with Crippen LogP contribution in [-0.2, 0) is 38.1 Å². The highest BCUT2D eigenvalue weighted by Gasteiger charge is 2.71. The summed E-state index contributed by atoms with van der Waals surface area (Å²) in [5.74, 6) is -4.47. The second-order valence-corrected chi connectivity index (χ2v) is 20.6. The summed E-state index contributed by atoms with van der Waals surface area (Å²) in [4.78, 5) is 51.3. The number of hydrogen-bond acceptors (Lipinski definition) is 14. The number of ketones is 1. The van der Waals surface area contributed by atoms with Crippen LogP contribution in [-0.4, -0.2) is 132 Å². The van der Waals surface area contributed by atoms with Crippen molar-refractivity contribution >= 4 is 23.7 Å². The predicted octanol–water partition coefficient (Wildman–Crippen LogP) is 2.41. The lowest BCUT2D eigenvalue weighted by molar-refractivity contribution is -0.371. The van der Waals surface area contributed by atoms with Crippen molar-refractivity contribution in [2.24, 2.45) is 50.2 Å². The molecule has 11 N–H and O–H groups in total. The maximum atomic E-state index is 14.8. The summed E-state index contributed by atoms with van der Waals surface area (Å²) < 4.78 is 23.4. The number of aliphatic hydroxyl groups excluding tert-OH is 5. The number of allylic oxidation sites excluding steroid dienone is 2. The minimum absolute atomic E-state index is 0. The lowest BCUT2D eigenvalue weighted by atomic mass is 9.33. The van der Waals surface area contributed by atoms with Gasteiger partial charge in [-0.05, 0) is 110 Å². The molecule has 2 heterocycles. The fraction of sp³-hybridized carbons (Fsp3) is 0.857. The van der Waals surface area contributed by atoms with Crippen molar-refractivity contribution < 1.29 is 79.0 Å². The Morgan fingerprint density at radius 2 is 1.27 bits per heavy atom. The summed E-state index contributed by atoms with van der Waals surface area (Å²) in [6.45, 7) is 14.8. The van der Waals surface area contributed by atoms with Crippen LogP contribution in [0.2, 0.25) is 0 Å². The number of rotatable bonds is 7. The molecule has 0 amide bonds. The molecule has 0 unspecified atom stereocenters. The molecule has 2 saturated heterocycles. The Labute approximate surface area is 344 Å². The van der Waals surface area contributed by atoms with Crippen LogP contribution in [0.4, 0.5) is 0 Å². The molecular weight excluding hydrogens is 774 g/mol. The Balaban J connectivity index is 0.00000585. The van der Waals surface area contributed by atoms with Crippen LogP contribution in [0, 0.1) is 50.2 Å². The van der Waals surface area contributed by atoms with Crippen molar-refractivity contribution in [3.63, 3.8) is 0 Å². The lowest BCUT2D eigenvalue weighted by Crippen LogP contribution is -2.68. The molecule has 0 bridgehead atoms. The zero-order valence-corrected chi connectivity index (χ0v) is 35.1. The highest BCUT2D eigenvalue weighted by atomic mass is 16.8. The summed E-state index contributed by atoms with van der Waals surface area (Å²) in [6.07, 6.45) is -12.2. The molecule has 0 aromatic rings. The van der Waals surface area contributed by atoms with Gasteiger partial charge in [-0.3, -0.25) is 9.59 Å². The first-order valence-corrected chi connectivity index (χ1v) is 20.7. The molecular formula is C42H65NO16. The standard InChI is InChI=1S/C42H62O16.H3N/c1-37(2)21-8-11-42(7)31(20(43)16-18-19-17-39(4,36(53)54)13-12-38(19,3)14-15-41(18,42)6)40(21,5)10-9-22(37)55-35-30(26(47)25(46)29(57-35)33(51)52)58-34-27(48)23(44)24(45)28(56-34)32(49)50;/h16,19,21-31,34-35,44-48H,8-15,17H2,1-7H3,(H,49,50)(H,51,52)(H,53,54);1H3/t19-,21-,22+,23-,24-,25-,26-,27+,28-,29-,30+,31+,34-,35-,38+,39+,40-,41+,42+;/m0./s1. The molecule has 4 saturated carbocycles. The van der Waals surface area contributed by atoms with Gasteiger partial charge in [0.15, 0.2) is 30.6 Å². The van der Waals surface area contributed by atoms with Gasteiger partial charge < -0.3 is 66.0 Å². The molecule has 334 valence electrons. The van der Waals surface area contributed by atoms with E-state index in [2.05, 4.69) is 27.7 Å². The highest BCUT2D eigenvalue weighted by molar-refractivity contribution is 5.95. The smallest absolute Gasteiger partial charge is 0.335 e. The van der Waals surface area contributed by atoms with E-state index in [1.807, 2.05) is 26.8 Å². The van der Waals surface area contributed by atoms with Crippen molar-refractivity contribution in [3.8, 4) is 0 Å². The lowest BCUT2D eigenvalue weighted by Gasteiger charge is -2.70. The van der Waals surface area contributed by atoms with E-state index in [1.54, 1.807) is 0 Å². The van der Waals surface area contributed by atoms with Gasteiger partial charge in [-0.2, -0.15) is 0 Å². The Kier molecular flexibility index (Phi) is 11.7. The molecule has 5 aliphatic carbocycles. The number of carboxylic acids is 3. The largest absolute Gasteiger partial charge is 0.481 e. The van der Waals surface area contributed by atoms with Crippen molar-refractivity contribution in [3.05, 3.63) is 11.6 Å². The molecule has 7 aliphatic rings. The van der Waals surface area contributed by atoms with Crippen molar-refractivity contribution in [1.29, 1.82) is 0 Å². The summed E-state index contributed by atoms with van der Waals surface area (Å²) >= 11 is 0. The monoisotopic (exact) mass is 839 g/mol. The van der Waals surface area contributed by atoms with E-state index < -0.39 is 107 Å². The first-order valence-electron chi connectivity index (χ1n) is 20.7. The van der Waals surface area contributed by atoms with Crippen LogP contribution in [0.1, 0.15) is 106 Å². The Bertz CT molecular complexity index is 1740. The molecule has 0 spiro atoms. The van der Waals surface area contributed by atoms with E-state index in [4.69, 9.17) is 18.9 Å². The zero-order chi connectivity index (χ0) is 42.9. The van der Waals surface area contributed by atoms with Gasteiger partial charge in [-0.25, -0.2) is 9.59 Å². The Morgan fingerprint density at radius 3 is 1.86 bits per heavy atom. The number of aliphatic hydroxyl groups is 5. The SMILES string of the molecule is CC1(C)[C@H](O[C@H]2O[C@H](C(=O)O)[C@@H](O)[C@H](O)[C@H]2O[C@@H]2O[C@H](C(=O)O)[C@@H](O)[C@H](O)[C@H]2O)CC[C@]2(C)[C@H]3C(=O)C=C4[C@@H]5C[C@](C)(C(=O)O)CC[C@]5(C)CC[C@@]4(C)[C@]3(C)CC[C@@H]12.N. The molecule has 17 nitrogen and oxygen atoms in total. The maximum absolute atomic E-state index is 14.8. The average Bonchev–Trinajstić information content (AvgIpc) is 3.13. The van der Waals surface area contributed by atoms with E-state index in [1.165, 1.54) is 0 Å². The van der Waals surface area contributed by atoms with Gasteiger partial charge in [0.2, 0.25) is 0 Å². The third-order valence-corrected chi connectivity index (χ3v) is 17.2. The number of fused-ring (bicyclic) bond motifs is 7. The second kappa shape index (κ2) is 15.1. The zero-order valence-electron chi connectivity index (χ0n) is 35.1. The van der Waals surface area contributed by atoms with Crippen molar-refractivity contribution in [2.75, 3.05) is 0 Å². The van der Waals surface area contributed by atoms with Gasteiger partial charge in [-0.1, -0.05) is 47.1 Å². The summed E-state index contributed by atoms with van der Waals surface area (Å²) in [6, 6.07) is 0. The van der Waals surface area contributed by atoms with Gasteiger partial charge in [0.25, 0.3) is 0 Å². The van der Waals surface area contributed by atoms with E-state index in [0.29, 0.717) is 25.7 Å². The van der Waals surface area contributed by atoms with Gasteiger partial charge in [-0.15, -0.1) is 0 Å². The van der Waals surface area contributed by atoms with E-state index >= 15 is 0 Å². The molecule has 2 aliphatic heterocycles. The molecule has 6 fully saturated rings. The molecule has 17 heteroatoms.